The molecule has 1 fully saturated rings. The topological polar surface area (TPSA) is 29.3 Å². The third kappa shape index (κ3) is 2.65. The highest BCUT2D eigenvalue weighted by Crippen LogP contribution is 2.28. The molecule has 0 bridgehead atoms. The van der Waals surface area contributed by atoms with Gasteiger partial charge in [-0.15, -0.1) is 0 Å². The molecule has 1 aliphatic rings. The van der Waals surface area contributed by atoms with Crippen molar-refractivity contribution in [3.63, 3.8) is 0 Å². The summed E-state index contributed by atoms with van der Waals surface area (Å²) in [6.45, 7) is 2.05. The largest absolute Gasteiger partial charge is 0.371 e. The van der Waals surface area contributed by atoms with Crippen molar-refractivity contribution in [2.24, 2.45) is 5.73 Å². The fourth-order valence-corrected chi connectivity index (χ4v) is 2.26. The predicted octanol–water partition coefficient (Wildman–Crippen LogP) is 3.03. The zero-order valence-corrected chi connectivity index (χ0v) is 10.8. The second kappa shape index (κ2) is 4.73. The second-order valence-corrected chi connectivity index (χ2v) is 5.18. The molecule has 82 valence electrons. The van der Waals surface area contributed by atoms with Crippen LogP contribution in [0.15, 0.2) is 22.7 Å². The lowest BCUT2D eigenvalue weighted by atomic mass is 10.1. The molecule has 1 saturated heterocycles. The van der Waals surface area contributed by atoms with Gasteiger partial charge in [-0.2, -0.15) is 0 Å². The van der Waals surface area contributed by atoms with Crippen LogP contribution in [0.2, 0.25) is 5.02 Å². The molecule has 1 aromatic rings. The van der Waals surface area contributed by atoms with Crippen LogP contribution in [-0.4, -0.2) is 19.1 Å². The van der Waals surface area contributed by atoms with E-state index in [0.717, 1.165) is 35.4 Å². The quantitative estimate of drug-likeness (QED) is 0.861. The molecule has 0 aromatic heterocycles. The number of nitrogens with zero attached hydrogens (tertiary/aromatic N) is 1. The van der Waals surface area contributed by atoms with E-state index in [0.29, 0.717) is 6.04 Å². The molecule has 1 aromatic carbocycles. The first-order valence-electron chi connectivity index (χ1n) is 5.12. The standard InChI is InChI=1S/C11H14BrClN2/c12-10-2-1-9(7-11(10)13)15-5-3-8(14)4-6-15/h1-2,7-8H,3-6,14H2. The number of rotatable bonds is 1. The van der Waals surface area contributed by atoms with Gasteiger partial charge in [-0.25, -0.2) is 0 Å². The summed E-state index contributed by atoms with van der Waals surface area (Å²) in [4.78, 5) is 2.34. The smallest absolute Gasteiger partial charge is 0.0568 e. The minimum Gasteiger partial charge on any atom is -0.371 e. The van der Waals surface area contributed by atoms with Gasteiger partial charge in [0.2, 0.25) is 0 Å². The molecule has 1 heterocycles. The van der Waals surface area contributed by atoms with Gasteiger partial charge in [-0.1, -0.05) is 11.6 Å². The maximum Gasteiger partial charge on any atom is 0.0568 e. The van der Waals surface area contributed by atoms with Crippen molar-refractivity contribution >= 4 is 33.2 Å². The highest BCUT2D eigenvalue weighted by molar-refractivity contribution is 9.10. The van der Waals surface area contributed by atoms with E-state index in [1.54, 1.807) is 0 Å². The van der Waals surface area contributed by atoms with E-state index in [2.05, 4.69) is 26.9 Å². The molecule has 2 N–H and O–H groups in total. The molecule has 0 saturated carbocycles. The number of benzene rings is 1. The monoisotopic (exact) mass is 288 g/mol. The fraction of sp³-hybridized carbons (Fsp3) is 0.455. The van der Waals surface area contributed by atoms with Gasteiger partial charge in [-0.3, -0.25) is 0 Å². The van der Waals surface area contributed by atoms with Gasteiger partial charge in [0.25, 0.3) is 0 Å². The molecule has 2 rings (SSSR count). The molecule has 4 heteroatoms. The minimum atomic E-state index is 0.368. The maximum absolute atomic E-state index is 6.06. The van der Waals surface area contributed by atoms with Gasteiger partial charge < -0.3 is 10.6 Å². The third-order valence-electron chi connectivity index (χ3n) is 2.81. The summed E-state index contributed by atoms with van der Waals surface area (Å²) < 4.78 is 0.946. The number of nitrogens with two attached hydrogens (primary N) is 1. The van der Waals surface area contributed by atoms with Crippen LogP contribution < -0.4 is 10.6 Å². The maximum atomic E-state index is 6.06. The molecule has 0 amide bonds. The van der Waals surface area contributed by atoms with Crippen LogP contribution in [0.1, 0.15) is 12.8 Å². The number of hydrogen-bond donors (Lipinski definition) is 1. The molecule has 0 radical (unpaired) electrons. The Hall–Kier alpha value is -0.250. The van der Waals surface area contributed by atoms with Crippen molar-refractivity contribution < 1.29 is 0 Å². The Balaban J connectivity index is 2.12. The minimum absolute atomic E-state index is 0.368. The summed E-state index contributed by atoms with van der Waals surface area (Å²) in [6, 6.07) is 6.45. The summed E-state index contributed by atoms with van der Waals surface area (Å²) in [5, 5.41) is 0.766. The van der Waals surface area contributed by atoms with E-state index in [-0.39, 0.29) is 0 Å². The Morgan fingerprint density at radius 1 is 1.33 bits per heavy atom. The molecule has 0 aliphatic carbocycles. The highest BCUT2D eigenvalue weighted by atomic mass is 79.9. The van der Waals surface area contributed by atoms with E-state index in [1.807, 2.05) is 12.1 Å². The number of halogens is 2. The Morgan fingerprint density at radius 3 is 2.60 bits per heavy atom. The molecule has 1 aliphatic heterocycles. The molecule has 15 heavy (non-hydrogen) atoms. The molecule has 2 nitrogen and oxygen atoms in total. The van der Waals surface area contributed by atoms with Crippen LogP contribution in [0.25, 0.3) is 0 Å². The van der Waals surface area contributed by atoms with E-state index in [4.69, 9.17) is 17.3 Å². The lowest BCUT2D eigenvalue weighted by Gasteiger charge is -2.32. The first kappa shape index (κ1) is 11.2. The normalized spacial score (nSPS) is 18.2. The average Bonchev–Trinajstić information content (AvgIpc) is 2.23. The van der Waals surface area contributed by atoms with Crippen LogP contribution >= 0.6 is 27.5 Å². The van der Waals surface area contributed by atoms with E-state index < -0.39 is 0 Å². The molecular formula is C11H14BrClN2. The van der Waals surface area contributed by atoms with Crippen molar-refractivity contribution in [2.75, 3.05) is 18.0 Å². The van der Waals surface area contributed by atoms with Crippen molar-refractivity contribution in [1.29, 1.82) is 0 Å². The summed E-state index contributed by atoms with van der Waals surface area (Å²) in [5.74, 6) is 0. The van der Waals surface area contributed by atoms with Gasteiger partial charge in [-0.05, 0) is 47.0 Å². The number of hydrogen-bond acceptors (Lipinski definition) is 2. The van der Waals surface area contributed by atoms with E-state index in [9.17, 15) is 0 Å². The zero-order chi connectivity index (χ0) is 10.8. The van der Waals surface area contributed by atoms with Gasteiger partial charge in [0.1, 0.15) is 0 Å². The SMILES string of the molecule is NC1CCN(c2ccc(Br)c(Cl)c2)CC1. The molecule has 0 unspecified atom stereocenters. The summed E-state index contributed by atoms with van der Waals surface area (Å²) >= 11 is 9.46. The summed E-state index contributed by atoms with van der Waals surface area (Å²) in [5.41, 5.74) is 7.06. The predicted molar refractivity (Wildman–Crippen MR) is 68.6 cm³/mol. The first-order valence-corrected chi connectivity index (χ1v) is 6.29. The van der Waals surface area contributed by atoms with Gasteiger partial charge in [0, 0.05) is 29.3 Å². The van der Waals surface area contributed by atoms with Gasteiger partial charge >= 0.3 is 0 Å². The van der Waals surface area contributed by atoms with E-state index in [1.165, 1.54) is 5.69 Å². The van der Waals surface area contributed by atoms with Crippen molar-refractivity contribution in [2.45, 2.75) is 18.9 Å². The van der Waals surface area contributed by atoms with Crippen molar-refractivity contribution in [1.82, 2.24) is 0 Å². The fourth-order valence-electron chi connectivity index (χ4n) is 1.84. The van der Waals surface area contributed by atoms with E-state index >= 15 is 0 Å². The Morgan fingerprint density at radius 2 is 2.00 bits per heavy atom. The Kier molecular flexibility index (Phi) is 3.54. The van der Waals surface area contributed by atoms with Crippen LogP contribution in [-0.2, 0) is 0 Å². The number of anilines is 1. The first-order chi connectivity index (χ1) is 7.16. The third-order valence-corrected chi connectivity index (χ3v) is 4.04. The number of piperidine rings is 1. The summed E-state index contributed by atoms with van der Waals surface area (Å²) in [6.07, 6.45) is 2.13. The van der Waals surface area contributed by atoms with Crippen molar-refractivity contribution in [3.05, 3.63) is 27.7 Å². The van der Waals surface area contributed by atoms with Gasteiger partial charge in [0.05, 0.1) is 5.02 Å². The molecule has 0 atom stereocenters. The zero-order valence-electron chi connectivity index (χ0n) is 8.42. The lowest BCUT2D eigenvalue weighted by molar-refractivity contribution is 0.501. The van der Waals surface area contributed by atoms with Crippen LogP contribution in [0.5, 0.6) is 0 Å². The summed E-state index contributed by atoms with van der Waals surface area (Å²) in [7, 11) is 0. The van der Waals surface area contributed by atoms with Crippen LogP contribution in [0, 0.1) is 0 Å². The van der Waals surface area contributed by atoms with Gasteiger partial charge in [0.15, 0.2) is 0 Å². The second-order valence-electron chi connectivity index (χ2n) is 3.92. The molecular weight excluding hydrogens is 275 g/mol. The van der Waals surface area contributed by atoms with Crippen LogP contribution in [0.4, 0.5) is 5.69 Å². The average molecular weight is 290 g/mol. The van der Waals surface area contributed by atoms with Crippen LogP contribution in [0.3, 0.4) is 0 Å². The Bertz CT molecular complexity index is 348. The van der Waals surface area contributed by atoms with Crippen molar-refractivity contribution in [3.8, 4) is 0 Å². The highest BCUT2D eigenvalue weighted by Gasteiger charge is 2.16. The lowest BCUT2D eigenvalue weighted by Crippen LogP contribution is -2.39. The Labute approximate surface area is 104 Å². The molecule has 0 spiro atoms.